The van der Waals surface area contributed by atoms with Gasteiger partial charge in [0.2, 0.25) is 0 Å². The molecule has 0 saturated carbocycles. The number of hydrogen-bond donors (Lipinski definition) is 3. The summed E-state index contributed by atoms with van der Waals surface area (Å²) < 4.78 is 0. The van der Waals surface area contributed by atoms with Crippen LogP contribution in [0.15, 0.2) is 48.5 Å². The highest BCUT2D eigenvalue weighted by Gasteiger charge is 2.14. The maximum absolute atomic E-state index is 12.6. The summed E-state index contributed by atoms with van der Waals surface area (Å²) in [7, 11) is 1.70. The Balaban J connectivity index is 2.35. The minimum Gasteiger partial charge on any atom is -0.331 e. The van der Waals surface area contributed by atoms with E-state index in [0.29, 0.717) is 26.9 Å². The molecule has 3 N–H and O–H groups in total. The summed E-state index contributed by atoms with van der Waals surface area (Å²) in [4.78, 5) is 12.6. The fourth-order valence-corrected chi connectivity index (χ4v) is 2.21. The van der Waals surface area contributed by atoms with Gasteiger partial charge < -0.3 is 5.32 Å². The molecule has 0 spiro atoms. The molecule has 0 radical (unpaired) electrons. The zero-order valence-electron chi connectivity index (χ0n) is 11.3. The Bertz CT molecular complexity index is 661. The number of carbonyl (C=O) groups excluding carboxylic acids is 1. The van der Waals surface area contributed by atoms with Gasteiger partial charge in [-0.2, -0.15) is 0 Å². The molecule has 0 fully saturated rings. The number of nitrogens with one attached hydrogen (secondary N) is 3. The summed E-state index contributed by atoms with van der Waals surface area (Å²) in [6.07, 6.45) is 0. The molecule has 0 aromatic heterocycles. The van der Waals surface area contributed by atoms with Crippen LogP contribution in [-0.2, 0) is 0 Å². The largest absolute Gasteiger partial charge is 0.331 e. The molecule has 0 aliphatic rings. The lowest BCUT2D eigenvalue weighted by molar-refractivity contribution is 0.103. The van der Waals surface area contributed by atoms with Crippen molar-refractivity contribution in [3.63, 3.8) is 0 Å². The number of anilines is 1. The number of ketones is 1. The highest BCUT2D eigenvalue weighted by atomic mass is 35.5. The van der Waals surface area contributed by atoms with Gasteiger partial charge in [-0.3, -0.25) is 10.2 Å². The van der Waals surface area contributed by atoms with Crippen molar-refractivity contribution in [2.75, 3.05) is 12.4 Å². The van der Waals surface area contributed by atoms with Crippen molar-refractivity contribution in [3.8, 4) is 0 Å². The molecule has 2 aromatic carbocycles. The van der Waals surface area contributed by atoms with Crippen LogP contribution in [0.3, 0.4) is 0 Å². The van der Waals surface area contributed by atoms with E-state index in [0.717, 1.165) is 0 Å². The van der Waals surface area contributed by atoms with Crippen molar-refractivity contribution in [3.05, 3.63) is 64.7 Å². The van der Waals surface area contributed by atoms with E-state index in [4.69, 9.17) is 23.8 Å². The molecule has 6 heteroatoms. The van der Waals surface area contributed by atoms with Gasteiger partial charge in [-0.15, -0.1) is 0 Å². The SMILES string of the molecule is CNNC(=S)Nc1ccc(Cl)cc1C(=O)c1ccccc1. The molecule has 108 valence electrons. The Morgan fingerprint density at radius 3 is 2.52 bits per heavy atom. The normalized spacial score (nSPS) is 10.0. The molecular formula is C15H14ClN3OS. The van der Waals surface area contributed by atoms with Crippen LogP contribution in [0, 0.1) is 0 Å². The molecular weight excluding hydrogens is 306 g/mol. The third-order valence-electron chi connectivity index (χ3n) is 2.75. The highest BCUT2D eigenvalue weighted by Crippen LogP contribution is 2.23. The van der Waals surface area contributed by atoms with Crippen LogP contribution in [0.5, 0.6) is 0 Å². The minimum absolute atomic E-state index is 0.118. The summed E-state index contributed by atoms with van der Waals surface area (Å²) in [5, 5.41) is 3.82. The Morgan fingerprint density at radius 2 is 1.86 bits per heavy atom. The number of benzene rings is 2. The molecule has 2 aromatic rings. The smallest absolute Gasteiger partial charge is 0.195 e. The molecule has 0 atom stereocenters. The van der Waals surface area contributed by atoms with E-state index in [1.165, 1.54) is 0 Å². The molecule has 0 amide bonds. The first kappa shape index (κ1) is 15.4. The zero-order chi connectivity index (χ0) is 15.2. The van der Waals surface area contributed by atoms with E-state index in [9.17, 15) is 4.79 Å². The van der Waals surface area contributed by atoms with Crippen LogP contribution in [0.2, 0.25) is 5.02 Å². The van der Waals surface area contributed by atoms with E-state index in [1.807, 2.05) is 18.2 Å². The molecule has 2 rings (SSSR count). The summed E-state index contributed by atoms with van der Waals surface area (Å²) in [5.74, 6) is -0.118. The monoisotopic (exact) mass is 319 g/mol. The molecule has 21 heavy (non-hydrogen) atoms. The van der Waals surface area contributed by atoms with Crippen molar-refractivity contribution in [2.45, 2.75) is 0 Å². The average Bonchev–Trinajstić information content (AvgIpc) is 2.49. The zero-order valence-corrected chi connectivity index (χ0v) is 12.9. The van der Waals surface area contributed by atoms with E-state index in [2.05, 4.69) is 16.2 Å². The lowest BCUT2D eigenvalue weighted by atomic mass is 10.0. The number of halogens is 1. The molecule has 0 unspecified atom stereocenters. The summed E-state index contributed by atoms with van der Waals surface area (Å²) >= 11 is 11.1. The predicted molar refractivity (Wildman–Crippen MR) is 89.7 cm³/mol. The second-order valence-electron chi connectivity index (χ2n) is 4.21. The van der Waals surface area contributed by atoms with Gasteiger partial charge in [0.15, 0.2) is 10.9 Å². The number of hydrogen-bond acceptors (Lipinski definition) is 3. The summed E-state index contributed by atoms with van der Waals surface area (Å²) in [5.41, 5.74) is 7.11. The first-order valence-electron chi connectivity index (χ1n) is 6.25. The fraction of sp³-hybridized carbons (Fsp3) is 0.0667. The standard InChI is InChI=1S/C15H14ClN3OS/c1-17-19-15(21)18-13-8-7-11(16)9-12(13)14(20)10-5-3-2-4-6-10/h2-9,17H,1H3,(H2,18,19,21). The van der Waals surface area contributed by atoms with Crippen LogP contribution in [0.25, 0.3) is 0 Å². The van der Waals surface area contributed by atoms with Crippen LogP contribution in [0.4, 0.5) is 5.69 Å². The quantitative estimate of drug-likeness (QED) is 0.459. The maximum Gasteiger partial charge on any atom is 0.195 e. The topological polar surface area (TPSA) is 53.2 Å². The lowest BCUT2D eigenvalue weighted by Gasteiger charge is -2.13. The van der Waals surface area contributed by atoms with Gasteiger partial charge in [0.25, 0.3) is 0 Å². The molecule has 0 heterocycles. The maximum atomic E-state index is 12.6. The molecule has 0 aliphatic carbocycles. The van der Waals surface area contributed by atoms with Crippen LogP contribution < -0.4 is 16.2 Å². The minimum atomic E-state index is -0.118. The molecule has 0 bridgehead atoms. The number of rotatable bonds is 4. The Morgan fingerprint density at radius 1 is 1.14 bits per heavy atom. The summed E-state index contributed by atoms with van der Waals surface area (Å²) in [6, 6.07) is 14.1. The van der Waals surface area contributed by atoms with Gasteiger partial charge in [-0.05, 0) is 30.4 Å². The van der Waals surface area contributed by atoms with E-state index in [1.54, 1.807) is 37.4 Å². The number of hydrazine groups is 1. The van der Waals surface area contributed by atoms with Gasteiger partial charge >= 0.3 is 0 Å². The molecule has 4 nitrogen and oxygen atoms in total. The fourth-order valence-electron chi connectivity index (χ4n) is 1.83. The first-order valence-corrected chi connectivity index (χ1v) is 7.03. The van der Waals surface area contributed by atoms with Crippen LogP contribution in [0.1, 0.15) is 15.9 Å². The Hall–Kier alpha value is -1.95. The van der Waals surface area contributed by atoms with Gasteiger partial charge in [0.05, 0.1) is 5.69 Å². The summed E-state index contributed by atoms with van der Waals surface area (Å²) in [6.45, 7) is 0. The Kier molecular flexibility index (Phi) is 5.27. The molecule has 0 aliphatic heterocycles. The average molecular weight is 320 g/mol. The van der Waals surface area contributed by atoms with E-state index in [-0.39, 0.29) is 5.78 Å². The van der Waals surface area contributed by atoms with E-state index < -0.39 is 0 Å². The van der Waals surface area contributed by atoms with Gasteiger partial charge in [0.1, 0.15) is 0 Å². The van der Waals surface area contributed by atoms with Crippen molar-refractivity contribution < 1.29 is 4.79 Å². The number of carbonyl (C=O) groups is 1. The molecule has 0 saturated heterocycles. The lowest BCUT2D eigenvalue weighted by Crippen LogP contribution is -2.37. The second-order valence-corrected chi connectivity index (χ2v) is 5.06. The Labute approximate surface area is 133 Å². The van der Waals surface area contributed by atoms with Crippen molar-refractivity contribution in [1.82, 2.24) is 10.9 Å². The van der Waals surface area contributed by atoms with Gasteiger partial charge in [-0.25, -0.2) is 5.43 Å². The predicted octanol–water partition coefficient (Wildman–Crippen LogP) is 2.99. The second kappa shape index (κ2) is 7.17. The van der Waals surface area contributed by atoms with E-state index >= 15 is 0 Å². The van der Waals surface area contributed by atoms with Crippen molar-refractivity contribution in [2.24, 2.45) is 0 Å². The van der Waals surface area contributed by atoms with Crippen LogP contribution in [-0.4, -0.2) is 17.9 Å². The van der Waals surface area contributed by atoms with Gasteiger partial charge in [0, 0.05) is 23.2 Å². The number of thiocarbonyl (C=S) groups is 1. The van der Waals surface area contributed by atoms with Crippen molar-refractivity contribution >= 4 is 40.4 Å². The third kappa shape index (κ3) is 4.01. The van der Waals surface area contributed by atoms with Crippen LogP contribution >= 0.6 is 23.8 Å². The highest BCUT2D eigenvalue weighted by molar-refractivity contribution is 7.80. The van der Waals surface area contributed by atoms with Gasteiger partial charge in [-0.1, -0.05) is 41.9 Å². The third-order valence-corrected chi connectivity index (χ3v) is 3.19. The first-order chi connectivity index (χ1) is 10.1. The van der Waals surface area contributed by atoms with Crippen molar-refractivity contribution in [1.29, 1.82) is 0 Å².